The Morgan fingerprint density at radius 3 is 2.93 bits per heavy atom. The van der Waals surface area contributed by atoms with Crippen LogP contribution in [0.4, 0.5) is 11.6 Å². The lowest BCUT2D eigenvalue weighted by Crippen LogP contribution is -2.24. The number of aliphatic hydroxyl groups is 2. The number of nitrogen functional groups attached to an aromatic ring is 1. The number of imidazole rings is 1. The van der Waals surface area contributed by atoms with Gasteiger partial charge in [-0.15, -0.1) is 0 Å². The van der Waals surface area contributed by atoms with Gasteiger partial charge < -0.3 is 25.4 Å². The Balaban J connectivity index is 1.64. The van der Waals surface area contributed by atoms with E-state index in [-0.39, 0.29) is 37.2 Å². The summed E-state index contributed by atoms with van der Waals surface area (Å²) in [5, 5.41) is 30.6. The second-order valence-corrected chi connectivity index (χ2v) is 7.89. The molecular weight excluding hydrogens is 511 g/mol. The molecule has 1 aliphatic rings. The van der Waals surface area contributed by atoms with Crippen molar-refractivity contribution in [1.29, 1.82) is 0 Å². The van der Waals surface area contributed by atoms with E-state index in [1.165, 1.54) is 12.4 Å². The van der Waals surface area contributed by atoms with E-state index in [1.54, 1.807) is 16.7 Å². The van der Waals surface area contributed by atoms with Gasteiger partial charge in [0.2, 0.25) is 11.8 Å². The number of nitrogens with zero attached hydrogens (tertiary/aromatic N) is 5. The number of nitro groups is 1. The fraction of sp³-hybridized carbons (Fsp3) is 0.353. The molecule has 158 valence electrons. The van der Waals surface area contributed by atoms with E-state index in [2.05, 4.69) is 15.0 Å². The normalized spacial score (nSPS) is 21.2. The molecule has 2 aromatic heterocycles. The van der Waals surface area contributed by atoms with Crippen molar-refractivity contribution < 1.29 is 24.6 Å². The van der Waals surface area contributed by atoms with Gasteiger partial charge in [-0.1, -0.05) is 0 Å². The summed E-state index contributed by atoms with van der Waals surface area (Å²) in [7, 11) is 0. The molecule has 1 aromatic carbocycles. The van der Waals surface area contributed by atoms with Crippen LogP contribution in [-0.4, -0.2) is 53.5 Å². The van der Waals surface area contributed by atoms with Gasteiger partial charge in [-0.2, -0.15) is 9.97 Å². The number of fused-ring (bicyclic) bond motifs is 1. The van der Waals surface area contributed by atoms with Gasteiger partial charge in [0.05, 0.1) is 29.5 Å². The van der Waals surface area contributed by atoms with E-state index < -0.39 is 23.4 Å². The van der Waals surface area contributed by atoms with E-state index in [1.807, 2.05) is 22.6 Å². The van der Waals surface area contributed by atoms with Crippen molar-refractivity contribution in [3.05, 3.63) is 43.8 Å². The highest BCUT2D eigenvalue weighted by molar-refractivity contribution is 14.1. The summed E-state index contributed by atoms with van der Waals surface area (Å²) >= 11 is 2.00. The lowest BCUT2D eigenvalue weighted by molar-refractivity contribution is -0.385. The SMILES string of the molecule is Nc1nc(OCc2ccc(I)cc2[N+](=O)[O-])c2ncn([C@H]3C[C@@H](O)[C@@H](CO)O3)c2n1. The zero-order valence-electron chi connectivity index (χ0n) is 15.4. The number of ether oxygens (including phenoxy) is 2. The third-order valence-corrected chi connectivity index (χ3v) is 5.38. The van der Waals surface area contributed by atoms with Crippen LogP contribution in [0.1, 0.15) is 18.2 Å². The zero-order chi connectivity index (χ0) is 21.4. The first kappa shape index (κ1) is 20.6. The second kappa shape index (κ2) is 8.25. The minimum atomic E-state index is -0.825. The van der Waals surface area contributed by atoms with Crippen LogP contribution in [0, 0.1) is 13.7 Å². The Bertz CT molecular complexity index is 1110. The molecule has 0 spiro atoms. The van der Waals surface area contributed by atoms with Crippen molar-refractivity contribution in [2.24, 2.45) is 0 Å². The van der Waals surface area contributed by atoms with Gasteiger partial charge in [0.25, 0.3) is 5.69 Å². The Hall–Kier alpha value is -2.62. The highest BCUT2D eigenvalue weighted by atomic mass is 127. The molecule has 3 heterocycles. The van der Waals surface area contributed by atoms with Crippen molar-refractivity contribution in [2.45, 2.75) is 31.5 Å². The molecule has 0 bridgehead atoms. The monoisotopic (exact) mass is 528 g/mol. The lowest BCUT2D eigenvalue weighted by atomic mass is 10.2. The largest absolute Gasteiger partial charge is 0.471 e. The summed E-state index contributed by atoms with van der Waals surface area (Å²) in [5.74, 6) is -0.00466. The van der Waals surface area contributed by atoms with Crippen LogP contribution in [0.3, 0.4) is 0 Å². The number of rotatable bonds is 6. The standard InChI is InChI=1S/C17H17IN6O6/c18-9-2-1-8(10(3-9)24(27)28)6-29-16-14-15(21-17(19)22-16)23(7-20-14)13-4-11(26)12(5-25)30-13/h1-3,7,11-13,25-26H,4-6H2,(H2,19,21,22)/t11-,12-,13-/m1/s1. The summed E-state index contributed by atoms with van der Waals surface area (Å²) < 4.78 is 13.7. The molecule has 3 atom stereocenters. The van der Waals surface area contributed by atoms with Crippen LogP contribution in [0.25, 0.3) is 11.2 Å². The number of aromatic nitrogens is 4. The summed E-state index contributed by atoms with van der Waals surface area (Å²) in [6.07, 6.45) is -0.430. The van der Waals surface area contributed by atoms with Crippen molar-refractivity contribution in [3.63, 3.8) is 0 Å². The predicted octanol–water partition coefficient (Wildman–Crippen LogP) is 1.14. The van der Waals surface area contributed by atoms with E-state index in [0.29, 0.717) is 16.7 Å². The van der Waals surface area contributed by atoms with Crippen LogP contribution in [0.5, 0.6) is 5.88 Å². The van der Waals surface area contributed by atoms with Crippen LogP contribution in [0.15, 0.2) is 24.5 Å². The van der Waals surface area contributed by atoms with Gasteiger partial charge in [0.15, 0.2) is 11.2 Å². The molecule has 4 rings (SSSR count). The number of hydrogen-bond donors (Lipinski definition) is 3. The van der Waals surface area contributed by atoms with Gasteiger partial charge in [-0.05, 0) is 34.7 Å². The number of anilines is 1. The topological polar surface area (TPSA) is 172 Å². The summed E-state index contributed by atoms with van der Waals surface area (Å²) in [6.45, 7) is -0.429. The number of halogens is 1. The number of aliphatic hydroxyl groups excluding tert-OH is 2. The number of nitro benzene ring substituents is 1. The van der Waals surface area contributed by atoms with Crippen molar-refractivity contribution in [2.75, 3.05) is 12.3 Å². The zero-order valence-corrected chi connectivity index (χ0v) is 17.5. The van der Waals surface area contributed by atoms with Crippen LogP contribution >= 0.6 is 22.6 Å². The molecule has 13 heteroatoms. The Morgan fingerprint density at radius 1 is 1.43 bits per heavy atom. The molecule has 0 amide bonds. The average molecular weight is 528 g/mol. The highest BCUT2D eigenvalue weighted by Crippen LogP contribution is 2.33. The lowest BCUT2D eigenvalue weighted by Gasteiger charge is -2.14. The van der Waals surface area contributed by atoms with Gasteiger partial charge >= 0.3 is 0 Å². The Morgan fingerprint density at radius 2 is 2.23 bits per heavy atom. The second-order valence-electron chi connectivity index (χ2n) is 6.64. The molecule has 4 N–H and O–H groups in total. The van der Waals surface area contributed by atoms with Crippen LogP contribution < -0.4 is 10.5 Å². The molecule has 30 heavy (non-hydrogen) atoms. The summed E-state index contributed by atoms with van der Waals surface area (Å²) in [6, 6.07) is 4.81. The third-order valence-electron chi connectivity index (χ3n) is 4.71. The van der Waals surface area contributed by atoms with Crippen molar-refractivity contribution in [3.8, 4) is 5.88 Å². The quantitative estimate of drug-likeness (QED) is 0.239. The summed E-state index contributed by atoms with van der Waals surface area (Å²) in [4.78, 5) is 23.3. The van der Waals surface area contributed by atoms with Gasteiger partial charge in [0.1, 0.15) is 18.9 Å². The molecule has 0 saturated carbocycles. The third kappa shape index (κ3) is 3.88. The molecule has 12 nitrogen and oxygen atoms in total. The smallest absolute Gasteiger partial charge is 0.277 e. The van der Waals surface area contributed by atoms with Crippen LogP contribution in [0.2, 0.25) is 0 Å². The van der Waals surface area contributed by atoms with E-state index >= 15 is 0 Å². The maximum atomic E-state index is 11.3. The van der Waals surface area contributed by atoms with E-state index in [0.717, 1.165) is 3.57 Å². The number of hydrogen-bond acceptors (Lipinski definition) is 10. The fourth-order valence-corrected chi connectivity index (χ4v) is 3.72. The Kier molecular flexibility index (Phi) is 5.68. The number of nitrogens with two attached hydrogens (primary N) is 1. The predicted molar refractivity (Wildman–Crippen MR) is 112 cm³/mol. The summed E-state index contributed by atoms with van der Waals surface area (Å²) in [5.41, 5.74) is 6.75. The molecule has 0 unspecified atom stereocenters. The first-order chi connectivity index (χ1) is 14.4. The molecule has 1 aliphatic heterocycles. The molecule has 1 saturated heterocycles. The van der Waals surface area contributed by atoms with Gasteiger partial charge in [0, 0.05) is 16.1 Å². The first-order valence-electron chi connectivity index (χ1n) is 8.87. The average Bonchev–Trinajstić information content (AvgIpc) is 3.29. The molecular formula is C17H17IN6O6. The first-order valence-corrected chi connectivity index (χ1v) is 9.95. The maximum Gasteiger partial charge on any atom is 0.277 e. The minimum Gasteiger partial charge on any atom is -0.471 e. The molecule has 0 aliphatic carbocycles. The highest BCUT2D eigenvalue weighted by Gasteiger charge is 2.35. The van der Waals surface area contributed by atoms with E-state index in [9.17, 15) is 20.3 Å². The van der Waals surface area contributed by atoms with Crippen molar-refractivity contribution >= 4 is 45.4 Å². The molecule has 0 radical (unpaired) electrons. The fourth-order valence-electron chi connectivity index (χ4n) is 3.24. The van der Waals surface area contributed by atoms with Crippen molar-refractivity contribution in [1.82, 2.24) is 19.5 Å². The van der Waals surface area contributed by atoms with Crippen LogP contribution in [-0.2, 0) is 11.3 Å². The van der Waals surface area contributed by atoms with E-state index in [4.69, 9.17) is 15.2 Å². The molecule has 1 fully saturated rings. The molecule has 3 aromatic rings. The number of benzene rings is 1. The maximum absolute atomic E-state index is 11.3. The Labute approximate surface area is 183 Å². The van der Waals surface area contributed by atoms with Gasteiger partial charge in [-0.3, -0.25) is 14.7 Å². The minimum absolute atomic E-state index is 0.0610. The van der Waals surface area contributed by atoms with Gasteiger partial charge in [-0.25, -0.2) is 4.98 Å².